The summed E-state index contributed by atoms with van der Waals surface area (Å²) in [5, 5.41) is 0. The summed E-state index contributed by atoms with van der Waals surface area (Å²) in [7, 11) is 0. The number of aromatic nitrogens is 1. The maximum absolute atomic E-state index is 4.19. The minimum absolute atomic E-state index is 0.844. The van der Waals surface area contributed by atoms with Crippen molar-refractivity contribution >= 4 is 6.08 Å². The molecule has 2 rings (SSSR count). The monoisotopic (exact) mass is 145 g/mol. The van der Waals surface area contributed by atoms with Crippen molar-refractivity contribution < 1.29 is 0 Å². The largest absolute Gasteiger partial charge is 0.257 e. The average molecular weight is 145 g/mol. The van der Waals surface area contributed by atoms with E-state index < -0.39 is 0 Å². The van der Waals surface area contributed by atoms with E-state index in [2.05, 4.69) is 17.1 Å². The Morgan fingerprint density at radius 2 is 2.27 bits per heavy atom. The number of allylic oxidation sites excluding steroid dienone is 1. The molecule has 0 aliphatic heterocycles. The third-order valence-electron chi connectivity index (χ3n) is 1.85. The number of rotatable bonds is 2. The van der Waals surface area contributed by atoms with Gasteiger partial charge in [-0.1, -0.05) is 12.1 Å². The lowest BCUT2D eigenvalue weighted by molar-refractivity contribution is 1.13. The smallest absolute Gasteiger partial charge is 0.0626 e. The number of pyridine rings is 1. The summed E-state index contributed by atoms with van der Waals surface area (Å²) in [5.41, 5.74) is 1.07. The maximum atomic E-state index is 4.19. The van der Waals surface area contributed by atoms with Crippen LogP contribution in [0.5, 0.6) is 0 Å². The summed E-state index contributed by atoms with van der Waals surface area (Å²) < 4.78 is 0. The van der Waals surface area contributed by atoms with E-state index in [0.29, 0.717) is 0 Å². The van der Waals surface area contributed by atoms with Crippen molar-refractivity contribution in [2.75, 3.05) is 0 Å². The standard InChI is InChI=1S/C10H11N/c1-2-8-11-10(3-1)7-6-9-4-5-9/h1-3,6-9H,4-5H2/b7-6+. The molecule has 0 bridgehead atoms. The van der Waals surface area contributed by atoms with Gasteiger partial charge in [0.05, 0.1) is 5.69 Å². The van der Waals surface area contributed by atoms with Crippen LogP contribution in [0.15, 0.2) is 30.5 Å². The van der Waals surface area contributed by atoms with Gasteiger partial charge in [0.2, 0.25) is 0 Å². The van der Waals surface area contributed by atoms with Gasteiger partial charge in [-0.2, -0.15) is 0 Å². The molecule has 1 aliphatic rings. The highest BCUT2D eigenvalue weighted by atomic mass is 14.6. The Balaban J connectivity index is 2.05. The first-order chi connectivity index (χ1) is 5.45. The topological polar surface area (TPSA) is 12.9 Å². The molecule has 0 radical (unpaired) electrons. The van der Waals surface area contributed by atoms with Crippen LogP contribution in [0.4, 0.5) is 0 Å². The van der Waals surface area contributed by atoms with Gasteiger partial charge in [0.25, 0.3) is 0 Å². The molecule has 1 aliphatic carbocycles. The second kappa shape index (κ2) is 2.87. The summed E-state index contributed by atoms with van der Waals surface area (Å²) in [4.78, 5) is 4.19. The summed E-state index contributed by atoms with van der Waals surface area (Å²) in [6.45, 7) is 0. The Bertz CT molecular complexity index is 247. The first kappa shape index (κ1) is 6.59. The lowest BCUT2D eigenvalue weighted by Gasteiger charge is -1.88. The molecule has 1 nitrogen and oxygen atoms in total. The molecule has 0 atom stereocenters. The van der Waals surface area contributed by atoms with Crippen molar-refractivity contribution in [1.82, 2.24) is 4.98 Å². The van der Waals surface area contributed by atoms with Crippen molar-refractivity contribution in [3.63, 3.8) is 0 Å². The van der Waals surface area contributed by atoms with Crippen LogP contribution in [0.25, 0.3) is 6.08 Å². The Morgan fingerprint density at radius 1 is 1.36 bits per heavy atom. The first-order valence-electron chi connectivity index (χ1n) is 4.04. The number of hydrogen-bond acceptors (Lipinski definition) is 1. The zero-order valence-corrected chi connectivity index (χ0v) is 6.40. The molecule has 0 spiro atoms. The van der Waals surface area contributed by atoms with Crippen molar-refractivity contribution in [2.24, 2.45) is 5.92 Å². The van der Waals surface area contributed by atoms with E-state index in [1.165, 1.54) is 12.8 Å². The quantitative estimate of drug-likeness (QED) is 0.623. The van der Waals surface area contributed by atoms with E-state index in [1.54, 1.807) is 0 Å². The average Bonchev–Trinajstić information content (AvgIpc) is 2.86. The van der Waals surface area contributed by atoms with Crippen LogP contribution in [0, 0.1) is 5.92 Å². The molecule has 0 N–H and O–H groups in total. The second-order valence-corrected chi connectivity index (χ2v) is 2.95. The van der Waals surface area contributed by atoms with E-state index in [4.69, 9.17) is 0 Å². The van der Waals surface area contributed by atoms with Gasteiger partial charge >= 0.3 is 0 Å². The van der Waals surface area contributed by atoms with Gasteiger partial charge < -0.3 is 0 Å². The maximum Gasteiger partial charge on any atom is 0.0626 e. The van der Waals surface area contributed by atoms with E-state index in [0.717, 1.165) is 11.6 Å². The predicted octanol–water partition coefficient (Wildman–Crippen LogP) is 2.50. The fourth-order valence-corrected chi connectivity index (χ4v) is 0.998. The van der Waals surface area contributed by atoms with E-state index in [9.17, 15) is 0 Å². The highest BCUT2D eigenvalue weighted by Crippen LogP contribution is 2.30. The van der Waals surface area contributed by atoms with E-state index in [-0.39, 0.29) is 0 Å². The van der Waals surface area contributed by atoms with Crippen LogP contribution in [0.1, 0.15) is 18.5 Å². The molecule has 1 saturated carbocycles. The Kier molecular flexibility index (Phi) is 1.72. The molecule has 1 heteroatoms. The Morgan fingerprint density at radius 3 is 2.91 bits per heavy atom. The summed E-state index contributed by atoms with van der Waals surface area (Å²) in [5.74, 6) is 0.844. The predicted molar refractivity (Wildman–Crippen MR) is 46.0 cm³/mol. The molecule has 1 heterocycles. The highest BCUT2D eigenvalue weighted by Gasteiger charge is 2.16. The van der Waals surface area contributed by atoms with Crippen LogP contribution >= 0.6 is 0 Å². The van der Waals surface area contributed by atoms with E-state index >= 15 is 0 Å². The summed E-state index contributed by atoms with van der Waals surface area (Å²) in [6.07, 6.45) is 8.92. The van der Waals surface area contributed by atoms with Gasteiger partial charge in [0.15, 0.2) is 0 Å². The molecule has 11 heavy (non-hydrogen) atoms. The van der Waals surface area contributed by atoms with Gasteiger partial charge in [-0.25, -0.2) is 0 Å². The fourth-order valence-electron chi connectivity index (χ4n) is 0.998. The van der Waals surface area contributed by atoms with Gasteiger partial charge in [-0.15, -0.1) is 0 Å². The summed E-state index contributed by atoms with van der Waals surface area (Å²) >= 11 is 0. The number of nitrogens with zero attached hydrogens (tertiary/aromatic N) is 1. The lowest BCUT2D eigenvalue weighted by Crippen LogP contribution is -1.76. The minimum Gasteiger partial charge on any atom is -0.257 e. The molecule has 0 saturated heterocycles. The van der Waals surface area contributed by atoms with Crippen molar-refractivity contribution in [3.05, 3.63) is 36.2 Å². The van der Waals surface area contributed by atoms with Gasteiger partial charge in [0, 0.05) is 6.20 Å². The minimum atomic E-state index is 0.844. The third kappa shape index (κ3) is 1.90. The van der Waals surface area contributed by atoms with Crippen LogP contribution in [-0.4, -0.2) is 4.98 Å². The highest BCUT2D eigenvalue weighted by molar-refractivity contribution is 5.44. The van der Waals surface area contributed by atoms with Crippen LogP contribution in [0.3, 0.4) is 0 Å². The van der Waals surface area contributed by atoms with Gasteiger partial charge in [-0.3, -0.25) is 4.98 Å². The summed E-state index contributed by atoms with van der Waals surface area (Å²) in [6, 6.07) is 5.98. The van der Waals surface area contributed by atoms with Crippen molar-refractivity contribution in [1.29, 1.82) is 0 Å². The second-order valence-electron chi connectivity index (χ2n) is 2.95. The third-order valence-corrected chi connectivity index (χ3v) is 1.85. The molecular formula is C10H11N. The van der Waals surface area contributed by atoms with E-state index in [1.807, 2.05) is 24.4 Å². The molecule has 0 unspecified atom stereocenters. The first-order valence-corrected chi connectivity index (χ1v) is 4.04. The van der Waals surface area contributed by atoms with Crippen molar-refractivity contribution in [3.8, 4) is 0 Å². The lowest BCUT2D eigenvalue weighted by atomic mass is 10.3. The normalized spacial score (nSPS) is 17.5. The van der Waals surface area contributed by atoms with Crippen LogP contribution in [-0.2, 0) is 0 Å². The molecular weight excluding hydrogens is 134 g/mol. The Labute approximate surface area is 66.8 Å². The SMILES string of the molecule is C(=C\C1CC1)/c1ccccn1. The zero-order valence-electron chi connectivity index (χ0n) is 6.40. The van der Waals surface area contributed by atoms with Gasteiger partial charge in [0.1, 0.15) is 0 Å². The molecule has 1 aromatic rings. The Hall–Kier alpha value is -1.11. The zero-order chi connectivity index (χ0) is 7.52. The van der Waals surface area contributed by atoms with Crippen molar-refractivity contribution in [2.45, 2.75) is 12.8 Å². The molecule has 1 fully saturated rings. The molecule has 0 amide bonds. The van der Waals surface area contributed by atoms with Crippen LogP contribution in [0.2, 0.25) is 0 Å². The molecule has 56 valence electrons. The van der Waals surface area contributed by atoms with Crippen LogP contribution < -0.4 is 0 Å². The number of hydrogen-bond donors (Lipinski definition) is 0. The molecule has 1 aromatic heterocycles. The molecule has 0 aromatic carbocycles. The fraction of sp³-hybridized carbons (Fsp3) is 0.300. The van der Waals surface area contributed by atoms with Gasteiger partial charge in [-0.05, 0) is 37.0 Å².